The van der Waals surface area contributed by atoms with Crippen LogP contribution in [0.15, 0.2) is 38.0 Å². The Morgan fingerprint density at radius 2 is 0.838 bits per heavy atom. The second-order valence-corrected chi connectivity index (χ2v) is 7.92. The van der Waals surface area contributed by atoms with Gasteiger partial charge in [0.2, 0.25) is 0 Å². The summed E-state index contributed by atoms with van der Waals surface area (Å²) in [4.78, 5) is 35.0. The molecule has 0 aromatic rings. The summed E-state index contributed by atoms with van der Waals surface area (Å²) in [6, 6.07) is 0. The standard InChI is InChI=1S/C19H10F12O6/c1-4-7(32)35-12-10(20)11(21)15(22,23)13(17(12,26)27,36-8(33)5-2)19(30,31)14(16(11,24)25,18(12,28)29)37-9(34)6-3/h4-6,10H,1-3H2/t10?,11?,12?,13-,14+. The van der Waals surface area contributed by atoms with Crippen LogP contribution in [0.5, 0.6) is 0 Å². The molecule has 4 fully saturated rings. The third-order valence-corrected chi connectivity index (χ3v) is 6.47. The van der Waals surface area contributed by atoms with E-state index in [0.29, 0.717) is 0 Å². The molecule has 4 rings (SSSR count). The van der Waals surface area contributed by atoms with Crippen molar-refractivity contribution in [3.63, 3.8) is 0 Å². The van der Waals surface area contributed by atoms with Gasteiger partial charge in [-0.3, -0.25) is 0 Å². The van der Waals surface area contributed by atoms with Gasteiger partial charge in [0.25, 0.3) is 11.3 Å². The highest BCUT2D eigenvalue weighted by molar-refractivity contribution is 5.85. The number of ether oxygens (including phenoxy) is 3. The summed E-state index contributed by atoms with van der Waals surface area (Å²) in [5, 5.41) is 0. The van der Waals surface area contributed by atoms with Crippen LogP contribution in [0.25, 0.3) is 0 Å². The second-order valence-electron chi connectivity index (χ2n) is 7.92. The number of rotatable bonds is 6. The van der Waals surface area contributed by atoms with Crippen LogP contribution >= 0.6 is 0 Å². The highest BCUT2D eigenvalue weighted by atomic mass is 19.3. The van der Waals surface area contributed by atoms with Crippen LogP contribution in [-0.2, 0) is 28.6 Å². The van der Waals surface area contributed by atoms with Gasteiger partial charge in [0.15, 0.2) is 6.17 Å². The van der Waals surface area contributed by atoms with E-state index in [4.69, 9.17) is 0 Å². The Balaban J connectivity index is 2.76. The van der Waals surface area contributed by atoms with Gasteiger partial charge in [-0.05, 0) is 0 Å². The van der Waals surface area contributed by atoms with Crippen LogP contribution < -0.4 is 0 Å². The van der Waals surface area contributed by atoms with Crippen molar-refractivity contribution in [2.75, 3.05) is 0 Å². The molecule has 0 aromatic heterocycles. The fourth-order valence-corrected chi connectivity index (χ4v) is 4.93. The Morgan fingerprint density at radius 1 is 0.541 bits per heavy atom. The van der Waals surface area contributed by atoms with Gasteiger partial charge in [-0.15, -0.1) is 0 Å². The van der Waals surface area contributed by atoms with E-state index in [0.717, 1.165) is 0 Å². The molecule has 0 saturated heterocycles. The highest BCUT2D eigenvalue weighted by Gasteiger charge is 3.21. The molecular weight excluding hydrogens is 552 g/mol. The maximum Gasteiger partial charge on any atom is 0.350 e. The summed E-state index contributed by atoms with van der Waals surface area (Å²) in [7, 11) is 0. The summed E-state index contributed by atoms with van der Waals surface area (Å²) >= 11 is 0. The lowest BCUT2D eigenvalue weighted by Crippen LogP contribution is -3.10. The van der Waals surface area contributed by atoms with Gasteiger partial charge in [-0.1, -0.05) is 19.7 Å². The van der Waals surface area contributed by atoms with Crippen LogP contribution in [-0.4, -0.2) is 76.2 Å². The van der Waals surface area contributed by atoms with Crippen molar-refractivity contribution in [1.29, 1.82) is 0 Å². The number of esters is 3. The molecule has 0 spiro atoms. The molecule has 6 nitrogen and oxygen atoms in total. The van der Waals surface area contributed by atoms with Crippen molar-refractivity contribution in [1.82, 2.24) is 0 Å². The van der Waals surface area contributed by atoms with Gasteiger partial charge >= 0.3 is 58.7 Å². The molecular formula is C19H10F12O6. The van der Waals surface area contributed by atoms with Crippen molar-refractivity contribution in [2.24, 2.45) is 0 Å². The third kappa shape index (κ3) is 2.17. The molecule has 18 heteroatoms. The number of halogens is 12. The van der Waals surface area contributed by atoms with Crippen LogP contribution in [0, 0.1) is 0 Å². The molecule has 0 aromatic carbocycles. The van der Waals surface area contributed by atoms with E-state index in [1.807, 2.05) is 0 Å². The zero-order chi connectivity index (χ0) is 29.1. The zero-order valence-electron chi connectivity index (χ0n) is 17.4. The van der Waals surface area contributed by atoms with Gasteiger partial charge in [0, 0.05) is 18.2 Å². The monoisotopic (exact) mass is 562 g/mol. The maximum absolute atomic E-state index is 15.7. The molecule has 0 N–H and O–H groups in total. The Bertz CT molecular complexity index is 1070. The highest BCUT2D eigenvalue weighted by Crippen LogP contribution is 2.86. The van der Waals surface area contributed by atoms with Gasteiger partial charge in [0.05, 0.1) is 0 Å². The second kappa shape index (κ2) is 7.00. The zero-order valence-corrected chi connectivity index (χ0v) is 17.4. The molecule has 4 aliphatic carbocycles. The van der Waals surface area contributed by atoms with Gasteiger partial charge in [-0.2, -0.15) is 43.9 Å². The number of carbonyl (C=O) groups excluding carboxylic acids is 3. The molecule has 4 saturated carbocycles. The van der Waals surface area contributed by atoms with Crippen LogP contribution in [0.4, 0.5) is 52.7 Å². The van der Waals surface area contributed by atoms with Crippen molar-refractivity contribution < 1.29 is 81.3 Å². The van der Waals surface area contributed by atoms with Gasteiger partial charge in [-0.25, -0.2) is 23.2 Å². The molecule has 0 aliphatic heterocycles. The van der Waals surface area contributed by atoms with Crippen LogP contribution in [0.1, 0.15) is 0 Å². The molecule has 0 amide bonds. The van der Waals surface area contributed by atoms with E-state index in [2.05, 4.69) is 33.9 Å². The first-order chi connectivity index (χ1) is 16.5. The predicted octanol–water partition coefficient (Wildman–Crippen LogP) is 3.65. The topological polar surface area (TPSA) is 78.9 Å². The molecule has 206 valence electrons. The minimum absolute atomic E-state index is 0.359. The molecule has 0 heterocycles. The smallest absolute Gasteiger partial charge is 0.350 e. The number of alkyl halides is 12. The first-order valence-corrected chi connectivity index (χ1v) is 9.30. The normalized spacial score (nSPS) is 40.7. The SMILES string of the molecule is C=CC(=O)OC12C(F)C3(F)C(F)(F)[C@@](OC(=O)C=C)(C1(F)F)C(F)(F)[C@](OC(=O)C=C)(C3(F)F)C2(F)F. The average Bonchev–Trinajstić information content (AvgIpc) is 2.78. The van der Waals surface area contributed by atoms with E-state index in [1.165, 1.54) is 0 Å². The lowest BCUT2D eigenvalue weighted by Gasteiger charge is -2.75. The number of hydrogen-bond donors (Lipinski definition) is 0. The maximum atomic E-state index is 15.7. The van der Waals surface area contributed by atoms with Gasteiger partial charge < -0.3 is 14.2 Å². The lowest BCUT2D eigenvalue weighted by atomic mass is 9.39. The summed E-state index contributed by atoms with van der Waals surface area (Å²) in [6.07, 6.45) is -6.97. The van der Waals surface area contributed by atoms with Crippen LogP contribution in [0.2, 0.25) is 0 Å². The van der Waals surface area contributed by atoms with Crippen molar-refractivity contribution >= 4 is 17.9 Å². The summed E-state index contributed by atoms with van der Waals surface area (Å²) in [6.45, 7) is 7.48. The molecule has 3 unspecified atom stereocenters. The Morgan fingerprint density at radius 3 is 1.14 bits per heavy atom. The minimum atomic E-state index is -7.39. The Kier molecular flexibility index (Phi) is 5.37. The minimum Gasteiger partial charge on any atom is -0.439 e. The molecule has 37 heavy (non-hydrogen) atoms. The molecule has 5 atom stereocenters. The summed E-state index contributed by atoms with van der Waals surface area (Å²) in [5.74, 6) is -44.6. The van der Waals surface area contributed by atoms with Crippen LogP contribution in [0.3, 0.4) is 0 Å². The van der Waals surface area contributed by atoms with E-state index >= 15 is 52.7 Å². The Hall–Kier alpha value is -3.21. The first-order valence-electron chi connectivity index (χ1n) is 9.30. The van der Waals surface area contributed by atoms with Crippen molar-refractivity contribution in [3.8, 4) is 0 Å². The van der Waals surface area contributed by atoms with E-state index in [1.54, 1.807) is 0 Å². The quantitative estimate of drug-likeness (QED) is 0.213. The average molecular weight is 562 g/mol. The van der Waals surface area contributed by atoms with E-state index in [9.17, 15) is 14.4 Å². The van der Waals surface area contributed by atoms with E-state index < -0.39 is 88.3 Å². The molecule has 0 radical (unpaired) electrons. The lowest BCUT2D eigenvalue weighted by molar-refractivity contribution is -0.602. The van der Waals surface area contributed by atoms with Crippen molar-refractivity contribution in [2.45, 2.75) is 58.3 Å². The fourth-order valence-electron chi connectivity index (χ4n) is 4.93. The summed E-state index contributed by atoms with van der Waals surface area (Å²) < 4.78 is 196. The third-order valence-electron chi connectivity index (χ3n) is 6.47. The molecule has 4 bridgehead atoms. The molecule has 4 aliphatic rings. The fraction of sp³-hybridized carbons (Fsp3) is 0.526. The number of hydrogen-bond acceptors (Lipinski definition) is 6. The largest absolute Gasteiger partial charge is 0.439 e. The number of carbonyl (C=O) groups is 3. The first kappa shape index (κ1) is 28.4. The Labute approximate surface area is 196 Å². The van der Waals surface area contributed by atoms with E-state index in [-0.39, 0.29) is 6.08 Å². The van der Waals surface area contributed by atoms with Crippen molar-refractivity contribution in [3.05, 3.63) is 38.0 Å². The van der Waals surface area contributed by atoms with Gasteiger partial charge in [0.1, 0.15) is 0 Å². The predicted molar refractivity (Wildman–Crippen MR) is 90.5 cm³/mol. The summed E-state index contributed by atoms with van der Waals surface area (Å²) in [5.41, 5.74) is -27.1.